The third-order valence-corrected chi connectivity index (χ3v) is 2.14. The molecule has 0 aliphatic heterocycles. The van der Waals surface area contributed by atoms with Crippen molar-refractivity contribution < 1.29 is 14.6 Å². The summed E-state index contributed by atoms with van der Waals surface area (Å²) in [6.45, 7) is 3.21. The van der Waals surface area contributed by atoms with Crippen molar-refractivity contribution in [3.63, 3.8) is 0 Å². The maximum absolute atomic E-state index is 9.50. The Morgan fingerprint density at radius 2 is 2.18 bits per heavy atom. The highest BCUT2D eigenvalue weighted by Gasteiger charge is 2.04. The highest BCUT2D eigenvalue weighted by Crippen LogP contribution is 2.22. The van der Waals surface area contributed by atoms with E-state index < -0.39 is 6.10 Å². The van der Waals surface area contributed by atoms with Crippen LogP contribution in [0.5, 0.6) is 5.75 Å². The van der Waals surface area contributed by atoms with E-state index >= 15 is 0 Å². The molecule has 0 saturated carbocycles. The molecule has 1 unspecified atom stereocenters. The normalized spacial score (nSPS) is 12.2. The summed E-state index contributed by atoms with van der Waals surface area (Å²) in [5.74, 6) is 0.719. The summed E-state index contributed by atoms with van der Waals surface area (Å²) < 4.78 is 10.2. The van der Waals surface area contributed by atoms with Gasteiger partial charge in [0.15, 0.2) is 0 Å². The van der Waals surface area contributed by atoms with Crippen molar-refractivity contribution in [2.45, 2.75) is 13.0 Å². The molecule has 1 atom stereocenters. The lowest BCUT2D eigenvalue weighted by Crippen LogP contribution is -2.24. The van der Waals surface area contributed by atoms with Gasteiger partial charge in [-0.3, -0.25) is 0 Å². The fraction of sp³-hybridized carbons (Fsp3) is 0.500. The van der Waals surface area contributed by atoms with Gasteiger partial charge in [0.1, 0.15) is 5.75 Å². The average Bonchev–Trinajstić information content (AvgIpc) is 2.26. The zero-order valence-electron chi connectivity index (χ0n) is 10.3. The Bertz CT molecular complexity index is 345. The molecule has 0 spiro atoms. The summed E-state index contributed by atoms with van der Waals surface area (Å²) in [5, 5.41) is 12.6. The number of nitrogens with two attached hydrogens (primary N) is 1. The van der Waals surface area contributed by atoms with Crippen LogP contribution in [0.4, 0.5) is 11.4 Å². The molecule has 17 heavy (non-hydrogen) atoms. The van der Waals surface area contributed by atoms with Crippen molar-refractivity contribution in [1.82, 2.24) is 0 Å². The minimum absolute atomic E-state index is 0.299. The highest BCUT2D eigenvalue weighted by molar-refractivity contribution is 5.59. The second kappa shape index (κ2) is 6.98. The molecule has 0 aliphatic carbocycles. The Kier molecular flexibility index (Phi) is 5.59. The van der Waals surface area contributed by atoms with Gasteiger partial charge in [-0.15, -0.1) is 0 Å². The number of hydrogen-bond donors (Lipinski definition) is 3. The zero-order chi connectivity index (χ0) is 12.7. The van der Waals surface area contributed by atoms with E-state index in [0.29, 0.717) is 25.4 Å². The second-order valence-corrected chi connectivity index (χ2v) is 3.71. The van der Waals surface area contributed by atoms with E-state index in [1.54, 1.807) is 19.2 Å². The molecule has 0 bridgehead atoms. The molecule has 0 fully saturated rings. The number of rotatable bonds is 7. The second-order valence-electron chi connectivity index (χ2n) is 3.71. The number of aliphatic hydroxyl groups is 1. The monoisotopic (exact) mass is 240 g/mol. The third kappa shape index (κ3) is 4.93. The number of nitrogens with one attached hydrogen (secondary N) is 1. The van der Waals surface area contributed by atoms with Crippen LogP contribution >= 0.6 is 0 Å². The van der Waals surface area contributed by atoms with E-state index in [9.17, 15) is 5.11 Å². The molecular weight excluding hydrogens is 220 g/mol. The summed E-state index contributed by atoms with van der Waals surface area (Å²) in [4.78, 5) is 0. The Balaban J connectivity index is 2.57. The largest absolute Gasteiger partial charge is 0.494 e. The molecule has 0 saturated heterocycles. The van der Waals surface area contributed by atoms with Gasteiger partial charge in [-0.25, -0.2) is 0 Å². The van der Waals surface area contributed by atoms with E-state index in [2.05, 4.69) is 5.32 Å². The highest BCUT2D eigenvalue weighted by atomic mass is 16.5. The quantitative estimate of drug-likeness (QED) is 0.622. The standard InChI is InChI=1S/C12H20N2O3/c1-3-17-12-5-9(13)4-10(6-12)14-7-11(15)8-16-2/h4-6,11,14-15H,3,7-8,13H2,1-2H3. The molecule has 1 aromatic carbocycles. The van der Waals surface area contributed by atoms with E-state index in [0.717, 1.165) is 11.4 Å². The molecule has 5 heteroatoms. The Morgan fingerprint density at radius 3 is 2.82 bits per heavy atom. The molecule has 0 heterocycles. The lowest BCUT2D eigenvalue weighted by Gasteiger charge is -2.13. The van der Waals surface area contributed by atoms with Gasteiger partial charge >= 0.3 is 0 Å². The van der Waals surface area contributed by atoms with Crippen LogP contribution in [-0.4, -0.2) is 38.1 Å². The van der Waals surface area contributed by atoms with E-state index in [4.69, 9.17) is 15.2 Å². The summed E-state index contributed by atoms with van der Waals surface area (Å²) in [6, 6.07) is 5.40. The van der Waals surface area contributed by atoms with Crippen molar-refractivity contribution in [2.24, 2.45) is 0 Å². The smallest absolute Gasteiger partial charge is 0.123 e. The fourth-order valence-electron chi connectivity index (χ4n) is 1.46. The van der Waals surface area contributed by atoms with Crippen LogP contribution in [0.3, 0.4) is 0 Å². The van der Waals surface area contributed by atoms with Gasteiger partial charge in [-0.1, -0.05) is 0 Å². The summed E-state index contributed by atoms with van der Waals surface area (Å²) in [6.07, 6.45) is -0.544. The first kappa shape index (κ1) is 13.6. The van der Waals surface area contributed by atoms with Gasteiger partial charge in [-0.2, -0.15) is 0 Å². The van der Waals surface area contributed by atoms with Crippen LogP contribution in [0.15, 0.2) is 18.2 Å². The lowest BCUT2D eigenvalue weighted by atomic mass is 10.2. The molecule has 5 nitrogen and oxygen atoms in total. The minimum atomic E-state index is -0.544. The number of ether oxygens (including phenoxy) is 2. The van der Waals surface area contributed by atoms with Crippen LogP contribution in [0.25, 0.3) is 0 Å². The van der Waals surface area contributed by atoms with Gasteiger partial charge in [0, 0.05) is 37.2 Å². The SMILES string of the molecule is CCOc1cc(N)cc(NCC(O)COC)c1. The van der Waals surface area contributed by atoms with Gasteiger partial charge in [-0.05, 0) is 13.0 Å². The first-order chi connectivity index (χ1) is 8.15. The van der Waals surface area contributed by atoms with E-state index in [-0.39, 0.29) is 0 Å². The fourth-order valence-corrected chi connectivity index (χ4v) is 1.46. The lowest BCUT2D eigenvalue weighted by molar-refractivity contribution is 0.0727. The van der Waals surface area contributed by atoms with Crippen LogP contribution in [0.1, 0.15) is 6.92 Å². The first-order valence-electron chi connectivity index (χ1n) is 5.60. The van der Waals surface area contributed by atoms with Crippen molar-refractivity contribution in [1.29, 1.82) is 0 Å². The molecule has 4 N–H and O–H groups in total. The van der Waals surface area contributed by atoms with Crippen molar-refractivity contribution in [3.05, 3.63) is 18.2 Å². The van der Waals surface area contributed by atoms with Gasteiger partial charge in [0.2, 0.25) is 0 Å². The molecule has 0 radical (unpaired) electrons. The predicted octanol–water partition coefficient (Wildman–Crippen LogP) is 1.09. The van der Waals surface area contributed by atoms with Gasteiger partial charge in [0.05, 0.1) is 19.3 Å². The summed E-state index contributed by atoms with van der Waals surface area (Å²) >= 11 is 0. The number of methoxy groups -OCH3 is 1. The number of nitrogen functional groups attached to an aromatic ring is 1. The van der Waals surface area contributed by atoms with Crippen molar-refractivity contribution in [3.8, 4) is 5.75 Å². The molecule has 0 aromatic heterocycles. The predicted molar refractivity (Wildman–Crippen MR) is 68.4 cm³/mol. The average molecular weight is 240 g/mol. The van der Waals surface area contributed by atoms with Crippen LogP contribution < -0.4 is 15.8 Å². The van der Waals surface area contributed by atoms with Crippen LogP contribution in [0, 0.1) is 0 Å². The summed E-state index contributed by atoms with van der Waals surface area (Å²) in [7, 11) is 1.55. The maximum atomic E-state index is 9.50. The number of aliphatic hydroxyl groups excluding tert-OH is 1. The third-order valence-electron chi connectivity index (χ3n) is 2.14. The molecule has 0 amide bonds. The van der Waals surface area contributed by atoms with Crippen LogP contribution in [-0.2, 0) is 4.74 Å². The van der Waals surface area contributed by atoms with Crippen molar-refractivity contribution >= 4 is 11.4 Å². The first-order valence-corrected chi connectivity index (χ1v) is 5.60. The van der Waals surface area contributed by atoms with E-state index in [1.165, 1.54) is 0 Å². The Morgan fingerprint density at radius 1 is 1.41 bits per heavy atom. The van der Waals surface area contributed by atoms with Crippen molar-refractivity contribution in [2.75, 3.05) is 37.9 Å². The maximum Gasteiger partial charge on any atom is 0.123 e. The van der Waals surface area contributed by atoms with Gasteiger partial charge < -0.3 is 25.6 Å². The number of hydrogen-bond acceptors (Lipinski definition) is 5. The van der Waals surface area contributed by atoms with Gasteiger partial charge in [0.25, 0.3) is 0 Å². The zero-order valence-corrected chi connectivity index (χ0v) is 10.3. The Labute approximate surface area is 102 Å². The number of anilines is 2. The molecule has 0 aliphatic rings. The molecule has 96 valence electrons. The van der Waals surface area contributed by atoms with E-state index in [1.807, 2.05) is 13.0 Å². The Hall–Kier alpha value is -1.46. The topological polar surface area (TPSA) is 76.7 Å². The minimum Gasteiger partial charge on any atom is -0.494 e. The molecular formula is C12H20N2O3. The van der Waals surface area contributed by atoms with Crippen LogP contribution in [0.2, 0.25) is 0 Å². The molecule has 1 rings (SSSR count). The molecule has 1 aromatic rings. The summed E-state index contributed by atoms with van der Waals surface area (Å²) in [5.41, 5.74) is 7.20. The number of benzene rings is 1.